The van der Waals surface area contributed by atoms with Gasteiger partial charge in [0.2, 0.25) is 0 Å². The Morgan fingerprint density at radius 2 is 2.38 bits per heavy atom. The number of ether oxygens (including phenoxy) is 1. The van der Waals surface area contributed by atoms with Crippen LogP contribution in [0.15, 0.2) is 12.4 Å². The van der Waals surface area contributed by atoms with Crippen molar-refractivity contribution in [2.75, 3.05) is 46.9 Å². The Morgan fingerprint density at radius 3 is 3.00 bits per heavy atom. The first-order valence-electron chi connectivity index (χ1n) is 6.76. The molecule has 1 unspecified atom stereocenters. The first-order valence-corrected chi connectivity index (χ1v) is 6.76. The van der Waals surface area contributed by atoms with Crippen LogP contribution in [0.3, 0.4) is 0 Å². The Balaban J connectivity index is 2.16. The van der Waals surface area contributed by atoms with E-state index in [0.29, 0.717) is 13.2 Å². The number of aromatic nitrogens is 2. The maximum absolute atomic E-state index is 10.5. The largest absolute Gasteiger partial charge is 0.390 e. The van der Waals surface area contributed by atoms with Crippen LogP contribution in [-0.2, 0) is 11.3 Å². The lowest BCUT2D eigenvalue weighted by Gasteiger charge is -2.17. The highest BCUT2D eigenvalue weighted by Crippen LogP contribution is 2.07. The van der Waals surface area contributed by atoms with E-state index in [-0.39, 0.29) is 12.2 Å². The molecule has 0 spiro atoms. The van der Waals surface area contributed by atoms with Gasteiger partial charge in [-0.3, -0.25) is 14.8 Å². The Morgan fingerprint density at radius 1 is 1.62 bits per heavy atom. The lowest BCUT2D eigenvalue weighted by molar-refractivity contribution is -0.385. The van der Waals surface area contributed by atoms with E-state index in [9.17, 15) is 15.2 Å². The lowest BCUT2D eigenvalue weighted by Crippen LogP contribution is -2.36. The number of aliphatic hydroxyl groups is 1. The van der Waals surface area contributed by atoms with Gasteiger partial charge >= 0.3 is 5.69 Å². The van der Waals surface area contributed by atoms with Crippen molar-refractivity contribution in [3.63, 3.8) is 0 Å². The molecule has 0 aromatic carbocycles. The van der Waals surface area contributed by atoms with Crippen molar-refractivity contribution in [1.82, 2.24) is 20.0 Å². The minimum atomic E-state index is -0.645. The van der Waals surface area contributed by atoms with Crippen LogP contribution in [0.4, 0.5) is 5.69 Å². The number of hydrogen-bond donors (Lipinski definition) is 2. The molecule has 0 aliphatic carbocycles. The number of nitrogens with one attached hydrogen (secondary N) is 1. The van der Waals surface area contributed by atoms with Crippen LogP contribution >= 0.6 is 0 Å². The Labute approximate surface area is 123 Å². The summed E-state index contributed by atoms with van der Waals surface area (Å²) in [4.78, 5) is 12.1. The van der Waals surface area contributed by atoms with Gasteiger partial charge < -0.3 is 20.1 Å². The summed E-state index contributed by atoms with van der Waals surface area (Å²) in [5.74, 6) is 0. The van der Waals surface area contributed by atoms with Crippen LogP contribution < -0.4 is 5.32 Å². The van der Waals surface area contributed by atoms with Gasteiger partial charge in [0.15, 0.2) is 0 Å². The number of nitrogens with zero attached hydrogens (tertiary/aromatic N) is 4. The minimum absolute atomic E-state index is 0.0741. The minimum Gasteiger partial charge on any atom is -0.390 e. The Hall–Kier alpha value is -1.55. The van der Waals surface area contributed by atoms with E-state index < -0.39 is 11.0 Å². The molecular weight excluding hydrogens is 278 g/mol. The molecule has 0 saturated carbocycles. The predicted molar refractivity (Wildman–Crippen MR) is 77.1 cm³/mol. The summed E-state index contributed by atoms with van der Waals surface area (Å²) < 4.78 is 6.35. The second kappa shape index (κ2) is 9.40. The molecule has 0 fully saturated rings. The summed E-state index contributed by atoms with van der Waals surface area (Å²) in [5.41, 5.74) is -0.0741. The summed E-state index contributed by atoms with van der Waals surface area (Å²) in [7, 11) is 3.67. The third-order valence-electron chi connectivity index (χ3n) is 2.96. The zero-order valence-electron chi connectivity index (χ0n) is 12.4. The van der Waals surface area contributed by atoms with E-state index in [4.69, 9.17) is 4.74 Å². The maximum Gasteiger partial charge on any atom is 0.306 e. The van der Waals surface area contributed by atoms with Crippen LogP contribution in [0.2, 0.25) is 0 Å². The number of nitro groups is 1. The summed E-state index contributed by atoms with van der Waals surface area (Å²) in [6, 6.07) is 0. The lowest BCUT2D eigenvalue weighted by atomic mass is 10.3. The van der Waals surface area contributed by atoms with E-state index in [1.807, 2.05) is 7.05 Å². The third kappa shape index (κ3) is 7.14. The molecule has 2 N–H and O–H groups in total. The zero-order chi connectivity index (χ0) is 15.7. The molecule has 1 heterocycles. The van der Waals surface area contributed by atoms with Gasteiger partial charge in [-0.1, -0.05) is 0 Å². The van der Waals surface area contributed by atoms with Gasteiger partial charge in [0.1, 0.15) is 12.4 Å². The van der Waals surface area contributed by atoms with Gasteiger partial charge in [-0.05, 0) is 7.05 Å². The topological polar surface area (TPSA) is 106 Å². The molecule has 1 atom stereocenters. The van der Waals surface area contributed by atoms with Crippen molar-refractivity contribution < 1.29 is 14.8 Å². The molecule has 1 aromatic heterocycles. The fraction of sp³-hybridized carbons (Fsp3) is 0.750. The normalized spacial score (nSPS) is 12.8. The highest BCUT2D eigenvalue weighted by atomic mass is 16.6. The standard InChI is InChI=1S/C12H23N5O4/c1-15(5-6-21-2)4-3-13-8-12(18)10-16-9-11(7-14-16)17(19)20/h7,9,12-13,18H,3-6,8,10H2,1-2H3. The van der Waals surface area contributed by atoms with Gasteiger partial charge in [-0.25, -0.2) is 0 Å². The van der Waals surface area contributed by atoms with Gasteiger partial charge in [-0.15, -0.1) is 0 Å². The first-order chi connectivity index (χ1) is 10.0. The summed E-state index contributed by atoms with van der Waals surface area (Å²) in [6.45, 7) is 3.78. The average Bonchev–Trinajstić information content (AvgIpc) is 2.90. The van der Waals surface area contributed by atoms with E-state index in [1.165, 1.54) is 17.1 Å². The maximum atomic E-state index is 10.5. The smallest absolute Gasteiger partial charge is 0.306 e. The number of aliphatic hydroxyl groups excluding tert-OH is 1. The quantitative estimate of drug-likeness (QED) is 0.317. The molecule has 0 radical (unpaired) electrons. The van der Waals surface area contributed by atoms with Crippen molar-refractivity contribution in [1.29, 1.82) is 0 Å². The molecule has 0 amide bonds. The van der Waals surface area contributed by atoms with Gasteiger partial charge in [-0.2, -0.15) is 5.10 Å². The average molecular weight is 301 g/mol. The summed E-state index contributed by atoms with van der Waals surface area (Å²) in [5, 5.41) is 27.3. The Bertz CT molecular complexity index is 426. The van der Waals surface area contributed by atoms with Crippen molar-refractivity contribution in [2.24, 2.45) is 0 Å². The molecule has 0 bridgehead atoms. The van der Waals surface area contributed by atoms with Crippen LogP contribution in [0.25, 0.3) is 0 Å². The second-order valence-corrected chi connectivity index (χ2v) is 4.83. The van der Waals surface area contributed by atoms with E-state index in [1.54, 1.807) is 7.11 Å². The van der Waals surface area contributed by atoms with E-state index >= 15 is 0 Å². The van der Waals surface area contributed by atoms with Crippen LogP contribution in [0.5, 0.6) is 0 Å². The first kappa shape index (κ1) is 17.5. The number of rotatable bonds is 11. The Kier molecular flexibility index (Phi) is 7.83. The van der Waals surface area contributed by atoms with E-state index in [2.05, 4.69) is 15.3 Å². The van der Waals surface area contributed by atoms with Gasteiger partial charge in [0.25, 0.3) is 0 Å². The molecule has 1 aromatic rings. The molecular formula is C12H23N5O4. The molecule has 9 heteroatoms. The highest BCUT2D eigenvalue weighted by Gasteiger charge is 2.11. The predicted octanol–water partition coefficient (Wildman–Crippen LogP) is -0.680. The molecule has 0 saturated heterocycles. The molecule has 120 valence electrons. The number of methoxy groups -OCH3 is 1. The SMILES string of the molecule is COCCN(C)CCNCC(O)Cn1cc([N+](=O)[O-])cn1. The van der Waals surface area contributed by atoms with Crippen molar-refractivity contribution in [3.05, 3.63) is 22.5 Å². The fourth-order valence-electron chi connectivity index (χ4n) is 1.72. The van der Waals surface area contributed by atoms with Crippen molar-refractivity contribution in [3.8, 4) is 0 Å². The monoisotopic (exact) mass is 301 g/mol. The molecule has 21 heavy (non-hydrogen) atoms. The highest BCUT2D eigenvalue weighted by molar-refractivity contribution is 5.20. The zero-order valence-corrected chi connectivity index (χ0v) is 12.4. The number of hydrogen-bond acceptors (Lipinski definition) is 7. The molecule has 9 nitrogen and oxygen atoms in total. The van der Waals surface area contributed by atoms with Crippen LogP contribution in [0.1, 0.15) is 0 Å². The molecule has 1 rings (SSSR count). The van der Waals surface area contributed by atoms with Gasteiger partial charge in [0.05, 0.1) is 24.2 Å². The third-order valence-corrected chi connectivity index (χ3v) is 2.96. The van der Waals surface area contributed by atoms with Crippen molar-refractivity contribution in [2.45, 2.75) is 12.6 Å². The molecule has 0 aliphatic rings. The van der Waals surface area contributed by atoms with Crippen LogP contribution in [-0.4, -0.2) is 77.8 Å². The van der Waals surface area contributed by atoms with Gasteiger partial charge in [0, 0.05) is 33.3 Å². The summed E-state index contributed by atoms with van der Waals surface area (Å²) in [6.07, 6.45) is 1.83. The van der Waals surface area contributed by atoms with Crippen LogP contribution in [0, 0.1) is 10.1 Å². The van der Waals surface area contributed by atoms with Crippen molar-refractivity contribution >= 4 is 5.69 Å². The summed E-state index contributed by atoms with van der Waals surface area (Å²) >= 11 is 0. The van der Waals surface area contributed by atoms with E-state index in [0.717, 1.165) is 19.6 Å². The fourth-order valence-corrected chi connectivity index (χ4v) is 1.72. The number of likely N-dealkylation sites (N-methyl/N-ethyl adjacent to an activating group) is 1. The molecule has 0 aliphatic heterocycles. The second-order valence-electron chi connectivity index (χ2n) is 4.83.